The maximum absolute atomic E-state index is 11.3. The summed E-state index contributed by atoms with van der Waals surface area (Å²) in [4.78, 5) is 0. The summed E-state index contributed by atoms with van der Waals surface area (Å²) in [5.74, 6) is 0. The first-order chi connectivity index (χ1) is 2.56. The van der Waals surface area contributed by atoms with Crippen molar-refractivity contribution in [2.24, 2.45) is 0 Å². The minimum absolute atomic E-state index is 0.799. The van der Waals surface area contributed by atoms with Gasteiger partial charge in [-0.05, 0) is 7.05 Å². The number of rotatable bonds is 1. The third kappa shape index (κ3) is 3.82. The van der Waals surface area contributed by atoms with Crippen molar-refractivity contribution in [1.82, 2.24) is 5.32 Å². The molecule has 0 heterocycles. The van der Waals surface area contributed by atoms with Gasteiger partial charge in [-0.1, -0.05) is 0 Å². The van der Waals surface area contributed by atoms with Crippen LogP contribution in [0.5, 0.6) is 0 Å². The molecule has 0 radical (unpaired) electrons. The number of hydrogen-bond acceptors (Lipinski definition) is 1. The van der Waals surface area contributed by atoms with Crippen LogP contribution < -0.4 is 5.32 Å². The van der Waals surface area contributed by atoms with Crippen LogP contribution in [0.25, 0.3) is 0 Å². The van der Waals surface area contributed by atoms with Gasteiger partial charge in [0.1, 0.15) is 0 Å². The van der Waals surface area contributed by atoms with Crippen LogP contribution in [0, 0.1) is 0 Å². The molecule has 0 aliphatic carbocycles. The van der Waals surface area contributed by atoms with Gasteiger partial charge in [-0.2, -0.15) is 8.78 Å². The Labute approximate surface area is 35.4 Å². The topological polar surface area (TPSA) is 12.0 Å². The van der Waals surface area contributed by atoms with Crippen LogP contribution in [-0.2, 0) is 0 Å². The van der Waals surface area contributed by atoms with E-state index in [0.717, 1.165) is 6.92 Å². The molecule has 0 aromatic heterocycles. The van der Waals surface area contributed by atoms with Gasteiger partial charge in [-0.3, -0.25) is 5.32 Å². The van der Waals surface area contributed by atoms with Crippen molar-refractivity contribution in [2.75, 3.05) is 7.05 Å². The van der Waals surface area contributed by atoms with E-state index in [0.29, 0.717) is 0 Å². The molecule has 6 heavy (non-hydrogen) atoms. The number of alkyl halides is 2. The van der Waals surface area contributed by atoms with E-state index in [4.69, 9.17) is 0 Å². The molecule has 0 fully saturated rings. The van der Waals surface area contributed by atoms with Crippen LogP contribution in [0.4, 0.5) is 8.78 Å². The first-order valence-corrected chi connectivity index (χ1v) is 1.63. The molecule has 1 nitrogen and oxygen atoms in total. The lowest BCUT2D eigenvalue weighted by atomic mass is 10.7. The van der Waals surface area contributed by atoms with E-state index in [1.54, 1.807) is 5.32 Å². The molecule has 0 saturated heterocycles. The normalized spacial score (nSPS) is 12.0. The Balaban J connectivity index is 3.17. The Hall–Kier alpha value is -0.180. The summed E-state index contributed by atoms with van der Waals surface area (Å²) in [6, 6.07) is -2.71. The van der Waals surface area contributed by atoms with Gasteiger partial charge in [0.15, 0.2) is 0 Å². The zero-order chi connectivity index (χ0) is 5.21. The minimum atomic E-state index is -2.71. The third-order valence-corrected chi connectivity index (χ3v) is 0.439. The molecule has 1 N–H and O–H groups in total. The van der Waals surface area contributed by atoms with Gasteiger partial charge < -0.3 is 0 Å². The van der Waals surface area contributed by atoms with E-state index in [-0.39, 0.29) is 0 Å². The average Bonchev–Trinajstić information content (AvgIpc) is 1.35. The molecule has 0 spiro atoms. The summed E-state index contributed by atoms with van der Waals surface area (Å²) >= 11 is 0. The quantitative estimate of drug-likeness (QED) is 0.475. The lowest BCUT2D eigenvalue weighted by molar-refractivity contribution is -0.00678. The van der Waals surface area contributed by atoms with E-state index in [2.05, 4.69) is 0 Å². The molecule has 0 bridgehead atoms. The van der Waals surface area contributed by atoms with Crippen LogP contribution in [0.2, 0.25) is 0 Å². The summed E-state index contributed by atoms with van der Waals surface area (Å²) in [6.45, 7) is 0.799. The van der Waals surface area contributed by atoms with E-state index in [1.165, 1.54) is 7.05 Å². The standard InChI is InChI=1S/C3H7F2N/c1-3(4,5)6-2/h6H,1-2H3. The summed E-state index contributed by atoms with van der Waals surface area (Å²) in [6.07, 6.45) is 0. The molecule has 0 atom stereocenters. The smallest absolute Gasteiger partial charge is 0.262 e. The van der Waals surface area contributed by atoms with Crippen LogP contribution in [-0.4, -0.2) is 13.1 Å². The number of halogens is 2. The van der Waals surface area contributed by atoms with Gasteiger partial charge in [-0.25, -0.2) is 0 Å². The van der Waals surface area contributed by atoms with E-state index in [9.17, 15) is 8.78 Å². The molecule has 3 heteroatoms. The van der Waals surface area contributed by atoms with Gasteiger partial charge in [0, 0.05) is 6.92 Å². The zero-order valence-electron chi connectivity index (χ0n) is 3.76. The van der Waals surface area contributed by atoms with Crippen LogP contribution >= 0.6 is 0 Å². The highest BCUT2D eigenvalue weighted by Crippen LogP contribution is 2.02. The molecular weight excluding hydrogens is 88.0 g/mol. The molecular formula is C3H7F2N. The van der Waals surface area contributed by atoms with E-state index < -0.39 is 6.05 Å². The van der Waals surface area contributed by atoms with Gasteiger partial charge in [0.25, 0.3) is 6.05 Å². The number of hydrogen-bond donors (Lipinski definition) is 1. The van der Waals surface area contributed by atoms with Crippen molar-refractivity contribution >= 4 is 0 Å². The molecule has 38 valence electrons. The Morgan fingerprint density at radius 1 is 1.50 bits per heavy atom. The van der Waals surface area contributed by atoms with Crippen molar-refractivity contribution in [3.63, 3.8) is 0 Å². The molecule has 0 aliphatic rings. The molecule has 0 aromatic rings. The highest BCUT2D eigenvalue weighted by molar-refractivity contribution is 4.44. The molecule has 0 aliphatic heterocycles. The highest BCUT2D eigenvalue weighted by Gasteiger charge is 2.14. The summed E-state index contributed by atoms with van der Waals surface area (Å²) in [5.41, 5.74) is 0. The minimum Gasteiger partial charge on any atom is -0.262 e. The molecule has 0 unspecified atom stereocenters. The second-order valence-corrected chi connectivity index (χ2v) is 1.14. The Morgan fingerprint density at radius 3 is 1.67 bits per heavy atom. The zero-order valence-corrected chi connectivity index (χ0v) is 3.76. The highest BCUT2D eigenvalue weighted by atomic mass is 19.3. The van der Waals surface area contributed by atoms with Gasteiger partial charge in [0.05, 0.1) is 0 Å². The maximum Gasteiger partial charge on any atom is 0.299 e. The van der Waals surface area contributed by atoms with Crippen molar-refractivity contribution < 1.29 is 8.78 Å². The maximum atomic E-state index is 11.3. The Kier molecular flexibility index (Phi) is 1.47. The fourth-order valence-corrected chi connectivity index (χ4v) is 0. The molecule has 0 saturated carbocycles. The Morgan fingerprint density at radius 2 is 1.67 bits per heavy atom. The van der Waals surface area contributed by atoms with Crippen LogP contribution in [0.1, 0.15) is 6.92 Å². The third-order valence-electron chi connectivity index (χ3n) is 0.439. The second kappa shape index (κ2) is 1.51. The fraction of sp³-hybridized carbons (Fsp3) is 1.00. The summed E-state index contributed by atoms with van der Waals surface area (Å²) < 4.78 is 22.7. The van der Waals surface area contributed by atoms with Crippen molar-refractivity contribution in [3.05, 3.63) is 0 Å². The van der Waals surface area contributed by atoms with Crippen LogP contribution in [0.15, 0.2) is 0 Å². The summed E-state index contributed by atoms with van der Waals surface area (Å²) in [5, 5.41) is 1.77. The number of nitrogens with one attached hydrogen (secondary N) is 1. The van der Waals surface area contributed by atoms with Crippen LogP contribution in [0.3, 0.4) is 0 Å². The van der Waals surface area contributed by atoms with Crippen molar-refractivity contribution in [1.29, 1.82) is 0 Å². The first kappa shape index (κ1) is 5.82. The predicted molar refractivity (Wildman–Crippen MR) is 19.7 cm³/mol. The van der Waals surface area contributed by atoms with Gasteiger partial charge in [0.2, 0.25) is 0 Å². The van der Waals surface area contributed by atoms with E-state index in [1.807, 2.05) is 0 Å². The van der Waals surface area contributed by atoms with Gasteiger partial charge in [-0.15, -0.1) is 0 Å². The van der Waals surface area contributed by atoms with Crippen molar-refractivity contribution in [2.45, 2.75) is 13.0 Å². The molecule has 0 amide bonds. The summed E-state index contributed by atoms with van der Waals surface area (Å²) in [7, 11) is 1.21. The lowest BCUT2D eigenvalue weighted by Gasteiger charge is -2.04. The SMILES string of the molecule is CNC(C)(F)F. The fourth-order valence-electron chi connectivity index (χ4n) is 0. The lowest BCUT2D eigenvalue weighted by Crippen LogP contribution is -2.28. The molecule has 0 rings (SSSR count). The van der Waals surface area contributed by atoms with Gasteiger partial charge >= 0.3 is 0 Å². The second-order valence-electron chi connectivity index (χ2n) is 1.14. The average molecular weight is 95.1 g/mol. The largest absolute Gasteiger partial charge is 0.299 e. The predicted octanol–water partition coefficient (Wildman–Crippen LogP) is 0.819. The van der Waals surface area contributed by atoms with Crippen molar-refractivity contribution in [3.8, 4) is 0 Å². The Bertz CT molecular complexity index is 38.5. The van der Waals surface area contributed by atoms with E-state index >= 15 is 0 Å². The first-order valence-electron chi connectivity index (χ1n) is 1.63. The monoisotopic (exact) mass is 95.1 g/mol. The molecule has 0 aromatic carbocycles.